The zero-order chi connectivity index (χ0) is 17.7. The Kier molecular flexibility index (Phi) is 3.95. The number of halogens is 1. The number of aromatic amines is 1. The van der Waals surface area contributed by atoms with Gasteiger partial charge in [-0.15, -0.1) is 0 Å². The molecule has 0 fully saturated rings. The van der Waals surface area contributed by atoms with Crippen LogP contribution in [0.4, 0.5) is 0 Å². The molecule has 1 N–H and O–H groups in total. The lowest BCUT2D eigenvalue weighted by molar-refractivity contribution is 0.534. The maximum absolute atomic E-state index is 6.99. The van der Waals surface area contributed by atoms with Crippen LogP contribution in [0.3, 0.4) is 0 Å². The first kappa shape index (κ1) is 17.0. The molecule has 1 heterocycles. The molecular formula is C20H24ClN3. The Bertz CT molecular complexity index is 881. The van der Waals surface area contributed by atoms with Gasteiger partial charge in [0.1, 0.15) is 11.0 Å². The molecule has 0 bridgehead atoms. The monoisotopic (exact) mass is 341 g/mol. The molecule has 0 saturated heterocycles. The summed E-state index contributed by atoms with van der Waals surface area (Å²) in [5.74, 6) is 0. The molecule has 126 valence electrons. The van der Waals surface area contributed by atoms with Gasteiger partial charge in [-0.1, -0.05) is 83.5 Å². The summed E-state index contributed by atoms with van der Waals surface area (Å²) >= 11 is 6.99. The second-order valence-corrected chi connectivity index (χ2v) is 8.70. The van der Waals surface area contributed by atoms with E-state index in [9.17, 15) is 0 Å². The van der Waals surface area contributed by atoms with Crippen LogP contribution in [0, 0.1) is 0 Å². The van der Waals surface area contributed by atoms with E-state index in [1.165, 1.54) is 5.56 Å². The maximum Gasteiger partial charge on any atom is 0.122 e. The predicted octanol–water partition coefficient (Wildman–Crippen LogP) is 5.87. The number of fused-ring (bicyclic) bond motifs is 1. The zero-order valence-electron chi connectivity index (χ0n) is 15.2. The number of hydrogen-bond acceptors (Lipinski definition) is 2. The average molecular weight is 342 g/mol. The summed E-state index contributed by atoms with van der Waals surface area (Å²) in [4.78, 5) is 0. The zero-order valence-corrected chi connectivity index (χ0v) is 15.9. The van der Waals surface area contributed by atoms with Crippen LogP contribution in [-0.2, 0) is 10.8 Å². The molecule has 0 spiro atoms. The first-order valence-electron chi connectivity index (χ1n) is 8.24. The Morgan fingerprint density at radius 2 is 1.33 bits per heavy atom. The molecule has 0 aliphatic rings. The molecular weight excluding hydrogens is 318 g/mol. The average Bonchev–Trinajstić information content (AvgIpc) is 2.93. The molecule has 0 unspecified atom stereocenters. The Morgan fingerprint density at radius 3 is 1.88 bits per heavy atom. The number of benzene rings is 2. The van der Waals surface area contributed by atoms with Gasteiger partial charge >= 0.3 is 0 Å². The van der Waals surface area contributed by atoms with Crippen molar-refractivity contribution in [1.82, 2.24) is 15.4 Å². The Hall–Kier alpha value is -1.87. The molecule has 0 radical (unpaired) electrons. The summed E-state index contributed by atoms with van der Waals surface area (Å²) in [6.45, 7) is 13.2. The second kappa shape index (κ2) is 5.59. The minimum atomic E-state index is -0.101. The number of hydrogen-bond donors (Lipinski definition) is 1. The summed E-state index contributed by atoms with van der Waals surface area (Å²) in [6.07, 6.45) is 0. The van der Waals surface area contributed by atoms with Crippen molar-refractivity contribution in [3.8, 4) is 11.1 Å². The van der Waals surface area contributed by atoms with Gasteiger partial charge in [0.25, 0.3) is 0 Å². The van der Waals surface area contributed by atoms with Gasteiger partial charge in [0.2, 0.25) is 0 Å². The minimum Gasteiger partial charge on any atom is -0.197 e. The largest absolute Gasteiger partial charge is 0.197 e. The molecule has 0 atom stereocenters. The summed E-state index contributed by atoms with van der Waals surface area (Å²) in [5, 5.41) is 12.5. The van der Waals surface area contributed by atoms with Crippen LogP contribution in [-0.4, -0.2) is 15.4 Å². The van der Waals surface area contributed by atoms with E-state index in [1.807, 2.05) is 18.2 Å². The molecule has 3 nitrogen and oxygen atoms in total. The molecule has 3 aromatic rings. The highest BCUT2D eigenvalue weighted by atomic mass is 35.5. The normalized spacial score (nSPS) is 12.8. The van der Waals surface area contributed by atoms with E-state index < -0.39 is 0 Å². The van der Waals surface area contributed by atoms with E-state index in [0.717, 1.165) is 32.7 Å². The third-order valence-corrected chi connectivity index (χ3v) is 4.65. The van der Waals surface area contributed by atoms with Crippen LogP contribution in [0.15, 0.2) is 30.3 Å². The van der Waals surface area contributed by atoms with Gasteiger partial charge in [-0.05, 0) is 27.5 Å². The molecule has 0 saturated carbocycles. The van der Waals surface area contributed by atoms with Gasteiger partial charge in [-0.25, -0.2) is 0 Å². The minimum absolute atomic E-state index is 0.0867. The lowest BCUT2D eigenvalue weighted by Gasteiger charge is -2.32. The van der Waals surface area contributed by atoms with Gasteiger partial charge < -0.3 is 0 Å². The molecule has 0 amide bonds. The van der Waals surface area contributed by atoms with Crippen LogP contribution in [0.25, 0.3) is 22.2 Å². The number of nitrogens with zero attached hydrogens (tertiary/aromatic N) is 2. The molecule has 3 rings (SSSR count). The van der Waals surface area contributed by atoms with Gasteiger partial charge in [0.15, 0.2) is 0 Å². The van der Waals surface area contributed by atoms with Crippen molar-refractivity contribution in [1.29, 1.82) is 0 Å². The number of H-pyrrole nitrogens is 1. The van der Waals surface area contributed by atoms with Crippen molar-refractivity contribution in [2.45, 2.75) is 52.4 Å². The Labute approximate surface area is 148 Å². The van der Waals surface area contributed by atoms with Crippen LogP contribution >= 0.6 is 11.6 Å². The van der Waals surface area contributed by atoms with Gasteiger partial charge in [0.05, 0.1) is 5.02 Å². The van der Waals surface area contributed by atoms with Crippen molar-refractivity contribution in [3.63, 3.8) is 0 Å². The van der Waals surface area contributed by atoms with Crippen molar-refractivity contribution in [3.05, 3.63) is 46.5 Å². The number of nitrogens with one attached hydrogen (secondary N) is 1. The van der Waals surface area contributed by atoms with Crippen LogP contribution in [0.5, 0.6) is 0 Å². The quantitative estimate of drug-likeness (QED) is 0.601. The highest BCUT2D eigenvalue weighted by molar-refractivity contribution is 6.36. The lowest BCUT2D eigenvalue weighted by atomic mass is 9.73. The first-order chi connectivity index (χ1) is 11.1. The number of rotatable bonds is 1. The SMILES string of the molecule is CC(C)(C)c1c(Cl)c(-c2ccccc2)c2n[nH]nc2c1C(C)(C)C. The molecule has 24 heavy (non-hydrogen) atoms. The highest BCUT2D eigenvalue weighted by Gasteiger charge is 2.33. The molecule has 0 aliphatic carbocycles. The van der Waals surface area contributed by atoms with Crippen molar-refractivity contribution in [2.75, 3.05) is 0 Å². The predicted molar refractivity (Wildman–Crippen MR) is 102 cm³/mol. The molecule has 1 aromatic heterocycles. The third-order valence-electron chi connectivity index (χ3n) is 4.27. The standard InChI is InChI=1S/C20H24ClN3/c1-19(2,3)14-15(20(4,5)6)18-17(22-24-23-18)13(16(14)21)12-10-8-7-9-11-12/h7-11H,1-6H3,(H,22,23,24). The Balaban J connectivity index is 2.54. The van der Waals surface area contributed by atoms with E-state index >= 15 is 0 Å². The molecule has 4 heteroatoms. The van der Waals surface area contributed by atoms with Crippen LogP contribution < -0.4 is 0 Å². The summed E-state index contributed by atoms with van der Waals surface area (Å²) in [6, 6.07) is 10.2. The topological polar surface area (TPSA) is 41.6 Å². The third kappa shape index (κ3) is 2.71. The van der Waals surface area contributed by atoms with Crippen molar-refractivity contribution < 1.29 is 0 Å². The van der Waals surface area contributed by atoms with Crippen LogP contribution in [0.1, 0.15) is 52.7 Å². The van der Waals surface area contributed by atoms with Gasteiger partial charge in [0, 0.05) is 5.56 Å². The van der Waals surface area contributed by atoms with Crippen LogP contribution in [0.2, 0.25) is 5.02 Å². The van der Waals surface area contributed by atoms with E-state index in [1.54, 1.807) is 0 Å². The highest BCUT2D eigenvalue weighted by Crippen LogP contribution is 2.47. The molecule has 2 aromatic carbocycles. The fourth-order valence-corrected chi connectivity index (χ4v) is 3.92. The smallest absolute Gasteiger partial charge is 0.122 e. The van der Waals surface area contributed by atoms with E-state index in [2.05, 4.69) is 69.1 Å². The summed E-state index contributed by atoms with van der Waals surface area (Å²) < 4.78 is 0. The van der Waals surface area contributed by atoms with Crippen molar-refractivity contribution >= 4 is 22.6 Å². The van der Waals surface area contributed by atoms with E-state index in [0.29, 0.717) is 0 Å². The van der Waals surface area contributed by atoms with E-state index in [4.69, 9.17) is 11.6 Å². The fraction of sp³-hybridized carbons (Fsp3) is 0.400. The lowest BCUT2D eigenvalue weighted by Crippen LogP contribution is -2.23. The van der Waals surface area contributed by atoms with Gasteiger partial charge in [-0.3, -0.25) is 0 Å². The molecule has 0 aliphatic heterocycles. The van der Waals surface area contributed by atoms with Gasteiger partial charge in [-0.2, -0.15) is 15.4 Å². The number of aromatic nitrogens is 3. The second-order valence-electron chi connectivity index (χ2n) is 8.33. The van der Waals surface area contributed by atoms with E-state index in [-0.39, 0.29) is 10.8 Å². The Morgan fingerprint density at radius 1 is 0.792 bits per heavy atom. The van der Waals surface area contributed by atoms with Crippen molar-refractivity contribution in [2.24, 2.45) is 0 Å². The fourth-order valence-electron chi connectivity index (χ4n) is 3.34. The maximum atomic E-state index is 6.99. The summed E-state index contributed by atoms with van der Waals surface area (Å²) in [7, 11) is 0. The first-order valence-corrected chi connectivity index (χ1v) is 8.62. The summed E-state index contributed by atoms with van der Waals surface area (Å²) in [5.41, 5.74) is 5.90.